The van der Waals surface area contributed by atoms with Crippen LogP contribution in [0.15, 0.2) is 18.2 Å². The van der Waals surface area contributed by atoms with Gasteiger partial charge in [0, 0.05) is 25.1 Å². The monoisotopic (exact) mass is 279 g/mol. The van der Waals surface area contributed by atoms with Crippen molar-refractivity contribution in [3.63, 3.8) is 0 Å². The first-order valence-electron chi connectivity index (χ1n) is 6.48. The van der Waals surface area contributed by atoms with Crippen molar-refractivity contribution in [1.82, 2.24) is 4.90 Å². The molecule has 1 heterocycles. The first-order valence-corrected chi connectivity index (χ1v) is 6.48. The number of likely N-dealkylation sites (N-methyl/N-ethyl adjacent to an activating group) is 1. The lowest BCUT2D eigenvalue weighted by molar-refractivity contribution is 0.0303. The predicted octanol–water partition coefficient (Wildman–Crippen LogP) is 1.75. The van der Waals surface area contributed by atoms with Crippen LogP contribution in [0.4, 0.5) is 0 Å². The fourth-order valence-corrected chi connectivity index (χ4v) is 2.34. The molecule has 1 aromatic carbocycles. The van der Waals surface area contributed by atoms with Crippen LogP contribution in [-0.2, 0) is 0 Å². The average molecular weight is 279 g/mol. The molecule has 0 saturated carbocycles. The van der Waals surface area contributed by atoms with E-state index < -0.39 is 6.23 Å². The van der Waals surface area contributed by atoms with Gasteiger partial charge in [-0.05, 0) is 12.6 Å². The lowest BCUT2D eigenvalue weighted by Gasteiger charge is -2.29. The van der Waals surface area contributed by atoms with Crippen LogP contribution in [-0.4, -0.2) is 51.2 Å². The number of rotatable bonds is 4. The molecule has 0 radical (unpaired) electrons. The summed E-state index contributed by atoms with van der Waals surface area (Å²) in [5.41, 5.74) is 1.90. The number of hydrogen-bond acceptors (Lipinski definition) is 5. The van der Waals surface area contributed by atoms with Crippen molar-refractivity contribution in [2.24, 2.45) is 0 Å². The number of aliphatic hydroxyl groups is 1. The lowest BCUT2D eigenvalue weighted by atomic mass is 9.96. The van der Waals surface area contributed by atoms with Gasteiger partial charge in [-0.2, -0.15) is 0 Å². The van der Waals surface area contributed by atoms with Gasteiger partial charge in [-0.25, -0.2) is 0 Å². The lowest BCUT2D eigenvalue weighted by Crippen LogP contribution is -2.34. The van der Waals surface area contributed by atoms with Crippen LogP contribution in [0.2, 0.25) is 0 Å². The number of nitrogens with zero attached hydrogens (tertiary/aromatic N) is 1. The molecule has 0 spiro atoms. The average Bonchev–Trinajstić information content (AvgIpc) is 2.48. The molecule has 1 atom stereocenters. The highest BCUT2D eigenvalue weighted by molar-refractivity contribution is 5.77. The molecule has 1 aromatic rings. The Bertz CT molecular complexity index is 488. The Kier molecular flexibility index (Phi) is 4.52. The third-order valence-electron chi connectivity index (χ3n) is 3.57. The van der Waals surface area contributed by atoms with Gasteiger partial charge < -0.3 is 19.3 Å². The van der Waals surface area contributed by atoms with Crippen LogP contribution in [0.25, 0.3) is 5.57 Å². The van der Waals surface area contributed by atoms with E-state index in [2.05, 4.69) is 6.08 Å². The number of benzene rings is 1. The highest BCUT2D eigenvalue weighted by Crippen LogP contribution is 2.41. The molecule has 0 fully saturated rings. The molecule has 0 amide bonds. The second-order valence-corrected chi connectivity index (χ2v) is 4.76. The minimum atomic E-state index is -0.494. The van der Waals surface area contributed by atoms with E-state index in [0.29, 0.717) is 30.2 Å². The first-order chi connectivity index (χ1) is 9.60. The van der Waals surface area contributed by atoms with E-state index in [0.717, 1.165) is 11.1 Å². The summed E-state index contributed by atoms with van der Waals surface area (Å²) in [5.74, 6) is 2.05. The van der Waals surface area contributed by atoms with E-state index in [-0.39, 0.29) is 0 Å². The van der Waals surface area contributed by atoms with E-state index in [4.69, 9.17) is 14.2 Å². The van der Waals surface area contributed by atoms with Gasteiger partial charge in [-0.1, -0.05) is 6.08 Å². The van der Waals surface area contributed by atoms with E-state index in [1.165, 1.54) is 0 Å². The van der Waals surface area contributed by atoms with Gasteiger partial charge in [0.2, 0.25) is 0 Å². The van der Waals surface area contributed by atoms with Gasteiger partial charge in [0.1, 0.15) is 23.5 Å². The van der Waals surface area contributed by atoms with Crippen molar-refractivity contribution < 1.29 is 19.3 Å². The summed E-state index contributed by atoms with van der Waals surface area (Å²) in [6.45, 7) is 0.689. The fourth-order valence-electron chi connectivity index (χ4n) is 2.34. The Balaban J connectivity index is 2.49. The Labute approximate surface area is 119 Å². The summed E-state index contributed by atoms with van der Waals surface area (Å²) < 4.78 is 16.1. The SMILES string of the molecule is COc1cc(OC)c(C2=CCN(C)C(O)C2)c(OC)c1. The molecule has 1 N–H and O–H groups in total. The topological polar surface area (TPSA) is 51.2 Å². The molecule has 110 valence electrons. The van der Waals surface area contributed by atoms with Crippen LogP contribution in [0.3, 0.4) is 0 Å². The Morgan fingerprint density at radius 3 is 2.15 bits per heavy atom. The minimum Gasteiger partial charge on any atom is -0.496 e. The van der Waals surface area contributed by atoms with Crippen molar-refractivity contribution in [3.05, 3.63) is 23.8 Å². The quantitative estimate of drug-likeness (QED) is 0.910. The molecule has 0 aliphatic carbocycles. The van der Waals surface area contributed by atoms with E-state index in [9.17, 15) is 5.11 Å². The van der Waals surface area contributed by atoms with E-state index in [1.54, 1.807) is 21.3 Å². The highest BCUT2D eigenvalue weighted by atomic mass is 16.5. The maximum atomic E-state index is 10.0. The fraction of sp³-hybridized carbons (Fsp3) is 0.467. The molecule has 0 saturated heterocycles. The molecular formula is C15H21NO4. The van der Waals surface area contributed by atoms with Crippen molar-refractivity contribution in [1.29, 1.82) is 0 Å². The van der Waals surface area contributed by atoms with Crippen LogP contribution in [0, 0.1) is 0 Å². The van der Waals surface area contributed by atoms with Crippen LogP contribution in [0.5, 0.6) is 17.2 Å². The molecule has 20 heavy (non-hydrogen) atoms. The predicted molar refractivity (Wildman–Crippen MR) is 77.3 cm³/mol. The Morgan fingerprint density at radius 1 is 1.10 bits per heavy atom. The van der Waals surface area contributed by atoms with Crippen molar-refractivity contribution in [2.75, 3.05) is 34.9 Å². The molecule has 0 bridgehead atoms. The van der Waals surface area contributed by atoms with E-state index >= 15 is 0 Å². The van der Waals surface area contributed by atoms with Crippen LogP contribution in [0.1, 0.15) is 12.0 Å². The zero-order chi connectivity index (χ0) is 14.7. The Morgan fingerprint density at radius 2 is 1.70 bits per heavy atom. The second kappa shape index (κ2) is 6.15. The maximum Gasteiger partial charge on any atom is 0.133 e. The standard InChI is InChI=1S/C15H21NO4/c1-16-6-5-10(7-14(16)17)15-12(19-3)8-11(18-2)9-13(15)20-4/h5,8-9,14,17H,6-7H2,1-4H3. The largest absolute Gasteiger partial charge is 0.496 e. The minimum absolute atomic E-state index is 0.494. The molecule has 5 nitrogen and oxygen atoms in total. The summed E-state index contributed by atoms with van der Waals surface area (Å²) in [6, 6.07) is 3.65. The summed E-state index contributed by atoms with van der Waals surface area (Å²) >= 11 is 0. The highest BCUT2D eigenvalue weighted by Gasteiger charge is 2.24. The number of hydrogen-bond donors (Lipinski definition) is 1. The van der Waals surface area contributed by atoms with Gasteiger partial charge in [0.05, 0.1) is 26.9 Å². The number of methoxy groups -OCH3 is 3. The van der Waals surface area contributed by atoms with Gasteiger partial charge in [0.15, 0.2) is 0 Å². The molecule has 1 aliphatic rings. The smallest absolute Gasteiger partial charge is 0.133 e. The number of aliphatic hydroxyl groups excluding tert-OH is 1. The Hall–Kier alpha value is -1.72. The molecule has 1 aliphatic heterocycles. The van der Waals surface area contributed by atoms with Crippen LogP contribution < -0.4 is 14.2 Å². The molecule has 1 unspecified atom stereocenters. The normalized spacial score (nSPS) is 19.4. The van der Waals surface area contributed by atoms with Gasteiger partial charge in [0.25, 0.3) is 0 Å². The van der Waals surface area contributed by atoms with Gasteiger partial charge in [-0.3, -0.25) is 4.90 Å². The molecule has 0 aromatic heterocycles. The van der Waals surface area contributed by atoms with Crippen molar-refractivity contribution in [2.45, 2.75) is 12.6 Å². The molecular weight excluding hydrogens is 258 g/mol. The van der Waals surface area contributed by atoms with E-state index in [1.807, 2.05) is 24.1 Å². The number of ether oxygens (including phenoxy) is 3. The molecule has 5 heteroatoms. The third kappa shape index (κ3) is 2.73. The molecule has 2 rings (SSSR count). The third-order valence-corrected chi connectivity index (χ3v) is 3.57. The van der Waals surface area contributed by atoms with Gasteiger partial charge >= 0.3 is 0 Å². The zero-order valence-corrected chi connectivity index (χ0v) is 12.3. The van der Waals surface area contributed by atoms with Crippen LogP contribution >= 0.6 is 0 Å². The maximum absolute atomic E-state index is 10.0. The van der Waals surface area contributed by atoms with Crippen molar-refractivity contribution in [3.8, 4) is 17.2 Å². The summed E-state index contributed by atoms with van der Waals surface area (Å²) in [7, 11) is 6.72. The van der Waals surface area contributed by atoms with Gasteiger partial charge in [-0.15, -0.1) is 0 Å². The zero-order valence-electron chi connectivity index (χ0n) is 12.3. The second-order valence-electron chi connectivity index (χ2n) is 4.76. The summed E-state index contributed by atoms with van der Waals surface area (Å²) in [4.78, 5) is 1.88. The summed E-state index contributed by atoms with van der Waals surface area (Å²) in [5, 5.41) is 10.0. The summed E-state index contributed by atoms with van der Waals surface area (Å²) in [6.07, 6.45) is 2.13. The van der Waals surface area contributed by atoms with Crippen molar-refractivity contribution >= 4 is 5.57 Å². The first kappa shape index (κ1) is 14.7.